The number of rotatable bonds is 6. The summed E-state index contributed by atoms with van der Waals surface area (Å²) in [6.07, 6.45) is -3.17. The van der Waals surface area contributed by atoms with Gasteiger partial charge in [-0.3, -0.25) is 10.9 Å². The first kappa shape index (κ1) is 21.7. The molecule has 1 aliphatic heterocycles. The fourth-order valence-corrected chi connectivity index (χ4v) is 3.26. The summed E-state index contributed by atoms with van der Waals surface area (Å²) in [7, 11) is 0. The summed E-state index contributed by atoms with van der Waals surface area (Å²) >= 11 is 5.65. The van der Waals surface area contributed by atoms with E-state index < -0.39 is 23.4 Å². The molecule has 0 bridgehead atoms. The Labute approximate surface area is 160 Å². The molecule has 0 radical (unpaired) electrons. The predicted octanol–water partition coefficient (Wildman–Crippen LogP) is 1.71. The third-order valence-corrected chi connectivity index (χ3v) is 4.93. The number of nitrogens with one attached hydrogen (secondary N) is 3. The Morgan fingerprint density at radius 1 is 1.33 bits per heavy atom. The molecule has 1 saturated heterocycles. The maximum atomic E-state index is 13.0. The largest absolute Gasteiger partial charge is 0.417 e. The molecular weight excluding hydrogens is 387 g/mol. The number of halogens is 4. The Hall–Kier alpha value is -1.59. The molecule has 0 atom stereocenters. The smallest absolute Gasteiger partial charge is 0.385 e. The van der Waals surface area contributed by atoms with Crippen LogP contribution in [0.1, 0.15) is 30.4 Å². The monoisotopic (exact) mass is 409 g/mol. The molecule has 0 unspecified atom stereocenters. The SMILES string of the molecule is NNC(=O)NNCCCN1CCC(O)(c2ccc(Cl)c(C(F)(F)F)c2)CC1. The number of amides is 2. The van der Waals surface area contributed by atoms with Crippen LogP contribution in [0.5, 0.6) is 0 Å². The van der Waals surface area contributed by atoms with Gasteiger partial charge in [-0.2, -0.15) is 13.2 Å². The number of aliphatic hydroxyl groups is 1. The van der Waals surface area contributed by atoms with Crippen LogP contribution in [0.2, 0.25) is 5.02 Å². The highest BCUT2D eigenvalue weighted by atomic mass is 35.5. The molecule has 152 valence electrons. The van der Waals surface area contributed by atoms with E-state index in [1.807, 2.05) is 5.43 Å². The molecule has 1 aromatic carbocycles. The first-order valence-corrected chi connectivity index (χ1v) is 8.85. The summed E-state index contributed by atoms with van der Waals surface area (Å²) in [5.41, 5.74) is 4.96. The molecule has 0 saturated carbocycles. The van der Waals surface area contributed by atoms with Crippen LogP contribution in [0, 0.1) is 0 Å². The molecule has 0 spiro atoms. The zero-order valence-electron chi connectivity index (χ0n) is 14.6. The molecule has 0 aliphatic carbocycles. The molecule has 6 N–H and O–H groups in total. The maximum absolute atomic E-state index is 13.0. The third-order valence-electron chi connectivity index (χ3n) is 4.60. The minimum absolute atomic E-state index is 0.234. The van der Waals surface area contributed by atoms with Crippen LogP contribution in [0.25, 0.3) is 0 Å². The second-order valence-corrected chi connectivity index (χ2v) is 6.85. The van der Waals surface area contributed by atoms with Crippen molar-refractivity contribution >= 4 is 17.6 Å². The summed E-state index contributed by atoms with van der Waals surface area (Å²) in [4.78, 5) is 13.0. The Morgan fingerprint density at radius 3 is 2.59 bits per heavy atom. The van der Waals surface area contributed by atoms with Crippen LogP contribution in [-0.4, -0.2) is 42.2 Å². The van der Waals surface area contributed by atoms with Crippen molar-refractivity contribution in [2.45, 2.75) is 31.0 Å². The topological polar surface area (TPSA) is 103 Å². The molecule has 1 aliphatic rings. The number of hydrogen-bond acceptors (Lipinski definition) is 5. The third kappa shape index (κ3) is 5.94. The Balaban J connectivity index is 1.86. The van der Waals surface area contributed by atoms with E-state index in [9.17, 15) is 23.1 Å². The van der Waals surface area contributed by atoms with Crippen molar-refractivity contribution in [1.29, 1.82) is 0 Å². The van der Waals surface area contributed by atoms with Gasteiger partial charge >= 0.3 is 12.2 Å². The Morgan fingerprint density at radius 2 is 2.00 bits per heavy atom. The van der Waals surface area contributed by atoms with E-state index in [-0.39, 0.29) is 10.6 Å². The molecule has 1 fully saturated rings. The number of nitrogens with zero attached hydrogens (tertiary/aromatic N) is 1. The molecule has 11 heteroatoms. The molecule has 0 aromatic heterocycles. The average Bonchev–Trinajstić information content (AvgIpc) is 2.62. The molecule has 2 amide bonds. The van der Waals surface area contributed by atoms with Gasteiger partial charge < -0.3 is 10.0 Å². The van der Waals surface area contributed by atoms with Crippen molar-refractivity contribution in [3.63, 3.8) is 0 Å². The summed E-state index contributed by atoms with van der Waals surface area (Å²) in [6, 6.07) is 3.03. The lowest BCUT2D eigenvalue weighted by atomic mass is 9.83. The highest BCUT2D eigenvalue weighted by Crippen LogP contribution is 2.39. The lowest BCUT2D eigenvalue weighted by Crippen LogP contribution is -2.48. The number of carbonyl (C=O) groups excluding carboxylic acids is 1. The van der Waals surface area contributed by atoms with Gasteiger partial charge in [0.1, 0.15) is 0 Å². The first-order chi connectivity index (χ1) is 12.7. The van der Waals surface area contributed by atoms with Crippen molar-refractivity contribution in [2.24, 2.45) is 5.84 Å². The number of hydrogen-bond donors (Lipinski definition) is 5. The van der Waals surface area contributed by atoms with Gasteiger partial charge in [0.25, 0.3) is 0 Å². The second kappa shape index (κ2) is 9.07. The molecule has 7 nitrogen and oxygen atoms in total. The highest BCUT2D eigenvalue weighted by Gasteiger charge is 2.38. The number of piperidine rings is 1. The minimum atomic E-state index is -4.56. The summed E-state index contributed by atoms with van der Waals surface area (Å²) in [5, 5.41) is 10.4. The fraction of sp³-hybridized carbons (Fsp3) is 0.562. The lowest BCUT2D eigenvalue weighted by molar-refractivity contribution is -0.137. The van der Waals surface area contributed by atoms with Gasteiger partial charge in [0, 0.05) is 19.6 Å². The van der Waals surface area contributed by atoms with Crippen LogP contribution in [-0.2, 0) is 11.8 Å². The molecule has 1 heterocycles. The zero-order chi connectivity index (χ0) is 20.1. The molecule has 27 heavy (non-hydrogen) atoms. The fourth-order valence-electron chi connectivity index (χ4n) is 3.04. The van der Waals surface area contributed by atoms with E-state index >= 15 is 0 Å². The predicted molar refractivity (Wildman–Crippen MR) is 94.5 cm³/mol. The summed E-state index contributed by atoms with van der Waals surface area (Å²) < 4.78 is 39.1. The molecule has 1 aromatic rings. The van der Waals surface area contributed by atoms with E-state index in [0.717, 1.165) is 19.0 Å². The van der Waals surface area contributed by atoms with Gasteiger partial charge in [-0.1, -0.05) is 17.7 Å². The molecule has 2 rings (SSSR count). The summed E-state index contributed by atoms with van der Waals surface area (Å²) in [5.74, 6) is 4.91. The number of likely N-dealkylation sites (tertiary alicyclic amines) is 1. The van der Waals surface area contributed by atoms with Crippen molar-refractivity contribution < 1.29 is 23.1 Å². The maximum Gasteiger partial charge on any atom is 0.417 e. The van der Waals surface area contributed by atoms with Crippen LogP contribution in [0.4, 0.5) is 18.0 Å². The van der Waals surface area contributed by atoms with Gasteiger partial charge in [0.2, 0.25) is 0 Å². The molecular formula is C16H23ClF3N5O2. The minimum Gasteiger partial charge on any atom is -0.385 e. The second-order valence-electron chi connectivity index (χ2n) is 6.44. The number of urea groups is 1. The number of hydrazine groups is 2. The number of alkyl halides is 3. The van der Waals surface area contributed by atoms with Crippen molar-refractivity contribution in [3.05, 3.63) is 34.3 Å². The van der Waals surface area contributed by atoms with Crippen molar-refractivity contribution in [2.75, 3.05) is 26.2 Å². The van der Waals surface area contributed by atoms with Crippen molar-refractivity contribution in [3.8, 4) is 0 Å². The van der Waals surface area contributed by atoms with Crippen LogP contribution < -0.4 is 22.1 Å². The van der Waals surface area contributed by atoms with Crippen LogP contribution in [0.3, 0.4) is 0 Å². The van der Waals surface area contributed by atoms with E-state index in [0.29, 0.717) is 32.5 Å². The van der Waals surface area contributed by atoms with E-state index in [1.54, 1.807) is 0 Å². The average molecular weight is 410 g/mol. The summed E-state index contributed by atoms with van der Waals surface area (Å²) in [6.45, 7) is 2.36. The standard InChI is InChI=1S/C16H23ClF3N5O2/c17-13-3-2-11(10-12(13)16(18,19)20)15(27)4-8-25(9-5-15)7-1-6-22-24-14(26)23-21/h2-3,10,22,27H,1,4-9,21H2,(H2,23,24,26). The van der Waals surface area contributed by atoms with Gasteiger partial charge in [-0.25, -0.2) is 16.1 Å². The van der Waals surface area contributed by atoms with Gasteiger partial charge in [0.15, 0.2) is 0 Å². The lowest BCUT2D eigenvalue weighted by Gasteiger charge is -2.38. The first-order valence-electron chi connectivity index (χ1n) is 8.47. The van der Waals surface area contributed by atoms with Crippen LogP contribution >= 0.6 is 11.6 Å². The number of carbonyl (C=O) groups is 1. The van der Waals surface area contributed by atoms with E-state index in [4.69, 9.17) is 17.4 Å². The Kier molecular flexibility index (Phi) is 7.29. The number of nitrogens with two attached hydrogens (primary N) is 1. The highest BCUT2D eigenvalue weighted by molar-refractivity contribution is 6.31. The van der Waals surface area contributed by atoms with E-state index in [2.05, 4.69) is 15.8 Å². The quantitative estimate of drug-likeness (QED) is 0.213. The van der Waals surface area contributed by atoms with Gasteiger partial charge in [-0.15, -0.1) is 0 Å². The van der Waals surface area contributed by atoms with Crippen molar-refractivity contribution in [1.82, 2.24) is 21.2 Å². The normalized spacial score (nSPS) is 17.6. The van der Waals surface area contributed by atoms with Gasteiger partial charge in [-0.05, 0) is 43.5 Å². The van der Waals surface area contributed by atoms with Crippen LogP contribution in [0.15, 0.2) is 18.2 Å². The van der Waals surface area contributed by atoms with E-state index in [1.165, 1.54) is 12.1 Å². The zero-order valence-corrected chi connectivity index (χ0v) is 15.3. The number of benzene rings is 1. The van der Waals surface area contributed by atoms with Gasteiger partial charge in [0.05, 0.1) is 16.2 Å². The Bertz CT molecular complexity index is 651.